The van der Waals surface area contributed by atoms with Crippen molar-refractivity contribution < 1.29 is 19.4 Å². The first kappa shape index (κ1) is 16.7. The summed E-state index contributed by atoms with van der Waals surface area (Å²) in [5.74, 6) is -0.959. The van der Waals surface area contributed by atoms with E-state index in [9.17, 15) is 9.59 Å². The number of halogens is 1. The lowest BCUT2D eigenvalue weighted by molar-refractivity contribution is -0.138. The molecule has 0 heterocycles. The van der Waals surface area contributed by atoms with Crippen molar-refractivity contribution >= 4 is 34.7 Å². The summed E-state index contributed by atoms with van der Waals surface area (Å²) in [6.45, 7) is 3.70. The summed E-state index contributed by atoms with van der Waals surface area (Å²) in [5, 5.41) is 11.6. The molecule has 0 aliphatic rings. The van der Waals surface area contributed by atoms with Crippen molar-refractivity contribution in [3.63, 3.8) is 0 Å². The highest BCUT2D eigenvalue weighted by atomic mass is 127. The number of carboxylic acids is 1. The van der Waals surface area contributed by atoms with Crippen LogP contribution >= 0.6 is 22.6 Å². The third kappa shape index (κ3) is 5.36. The molecule has 1 unspecified atom stereocenters. The van der Waals surface area contributed by atoms with Gasteiger partial charge in [-0.2, -0.15) is 0 Å². The summed E-state index contributed by atoms with van der Waals surface area (Å²) in [6.07, 6.45) is -0.765. The van der Waals surface area contributed by atoms with E-state index in [-0.39, 0.29) is 17.0 Å². The molecule has 6 heteroatoms. The number of ether oxygens (including phenoxy) is 1. The monoisotopic (exact) mass is 391 g/mol. The Bertz CT molecular complexity index is 464. The largest absolute Gasteiger partial charge is 0.481 e. The van der Waals surface area contributed by atoms with Crippen LogP contribution in [0, 0.1) is 0 Å². The van der Waals surface area contributed by atoms with Crippen LogP contribution in [0.25, 0.3) is 0 Å². The average Bonchev–Trinajstić information content (AvgIpc) is 2.36. The van der Waals surface area contributed by atoms with Crippen molar-refractivity contribution in [2.45, 2.75) is 36.3 Å². The molecule has 0 saturated heterocycles. The number of alkyl halides is 1. The number of amides is 1. The van der Waals surface area contributed by atoms with E-state index in [4.69, 9.17) is 9.84 Å². The molecule has 0 aliphatic heterocycles. The second-order valence-electron chi connectivity index (χ2n) is 4.79. The van der Waals surface area contributed by atoms with Crippen LogP contribution < -0.4 is 5.32 Å². The average molecular weight is 391 g/mol. The molecule has 1 rings (SSSR count). The highest BCUT2D eigenvalue weighted by Gasteiger charge is 2.34. The van der Waals surface area contributed by atoms with Crippen molar-refractivity contribution in [3.05, 3.63) is 35.9 Å². The van der Waals surface area contributed by atoms with Gasteiger partial charge in [0.2, 0.25) is 0 Å². The van der Waals surface area contributed by atoms with Crippen LogP contribution in [0.3, 0.4) is 0 Å². The molecule has 0 fully saturated rings. The minimum Gasteiger partial charge on any atom is -0.481 e. The summed E-state index contributed by atoms with van der Waals surface area (Å²) in [6, 6.07) is 9.30. The Kier molecular flexibility index (Phi) is 6.25. The molecule has 0 aromatic heterocycles. The van der Waals surface area contributed by atoms with E-state index in [1.807, 2.05) is 37.3 Å². The maximum atomic E-state index is 11.8. The number of benzene rings is 1. The topological polar surface area (TPSA) is 75.6 Å². The molecule has 5 nitrogen and oxygen atoms in total. The molecule has 0 radical (unpaired) electrons. The third-order valence-corrected chi connectivity index (χ3v) is 4.37. The Morgan fingerprint density at radius 3 is 2.50 bits per heavy atom. The standard InChI is InChI=1S/C14H18INO4/c1-10(15)14(2,8-12(17)18)16-13(19)20-9-11-6-4-3-5-7-11/h3-7,10H,8-9H2,1-2H3,(H,16,19)(H,17,18)/t10?,14-/m1/s1. The fourth-order valence-corrected chi connectivity index (χ4v) is 1.97. The van der Waals surface area contributed by atoms with Crippen LogP contribution in [0.15, 0.2) is 30.3 Å². The van der Waals surface area contributed by atoms with Gasteiger partial charge < -0.3 is 15.2 Å². The first-order valence-corrected chi connectivity index (χ1v) is 7.43. The van der Waals surface area contributed by atoms with Gasteiger partial charge in [0, 0.05) is 3.92 Å². The number of hydrogen-bond acceptors (Lipinski definition) is 3. The summed E-state index contributed by atoms with van der Waals surface area (Å²) in [7, 11) is 0. The maximum Gasteiger partial charge on any atom is 0.407 e. The molecular weight excluding hydrogens is 373 g/mol. The molecule has 2 atom stereocenters. The molecule has 0 spiro atoms. The minimum atomic E-state index is -0.959. The van der Waals surface area contributed by atoms with Crippen LogP contribution in [0.2, 0.25) is 0 Å². The summed E-state index contributed by atoms with van der Waals surface area (Å²) < 4.78 is 5.05. The van der Waals surface area contributed by atoms with Gasteiger partial charge in [-0.15, -0.1) is 0 Å². The van der Waals surface area contributed by atoms with Crippen molar-refractivity contribution in [2.75, 3.05) is 0 Å². The summed E-state index contributed by atoms with van der Waals surface area (Å²) in [4.78, 5) is 22.7. The predicted octanol–water partition coefficient (Wildman–Crippen LogP) is 2.97. The predicted molar refractivity (Wildman–Crippen MR) is 83.9 cm³/mol. The highest BCUT2D eigenvalue weighted by molar-refractivity contribution is 14.1. The Balaban J connectivity index is 2.56. The van der Waals surface area contributed by atoms with Crippen molar-refractivity contribution in [3.8, 4) is 0 Å². The van der Waals surface area contributed by atoms with Crippen LogP contribution in [0.4, 0.5) is 4.79 Å². The van der Waals surface area contributed by atoms with Crippen LogP contribution in [-0.4, -0.2) is 26.6 Å². The Hall–Kier alpha value is -1.31. The van der Waals surface area contributed by atoms with Gasteiger partial charge in [0.05, 0.1) is 12.0 Å². The van der Waals surface area contributed by atoms with Crippen molar-refractivity contribution in [1.82, 2.24) is 5.32 Å². The van der Waals surface area contributed by atoms with Crippen LogP contribution in [0.1, 0.15) is 25.8 Å². The second-order valence-corrected chi connectivity index (χ2v) is 6.66. The molecule has 20 heavy (non-hydrogen) atoms. The maximum absolute atomic E-state index is 11.8. The van der Waals surface area contributed by atoms with E-state index in [1.54, 1.807) is 6.92 Å². The molecule has 1 aromatic carbocycles. The number of hydrogen-bond donors (Lipinski definition) is 2. The summed E-state index contributed by atoms with van der Waals surface area (Å²) >= 11 is 2.09. The third-order valence-electron chi connectivity index (χ3n) is 3.00. The normalized spacial score (nSPS) is 14.9. The SMILES string of the molecule is CC(I)[C@@](C)(CC(=O)O)NC(=O)OCc1ccccc1. The fraction of sp³-hybridized carbons (Fsp3) is 0.429. The van der Waals surface area contributed by atoms with Crippen molar-refractivity contribution in [2.24, 2.45) is 0 Å². The first-order valence-electron chi connectivity index (χ1n) is 6.18. The fourth-order valence-electron chi connectivity index (χ4n) is 1.59. The lowest BCUT2D eigenvalue weighted by Gasteiger charge is -2.31. The first-order chi connectivity index (χ1) is 9.33. The molecule has 110 valence electrons. The Morgan fingerprint density at radius 2 is 2.00 bits per heavy atom. The quantitative estimate of drug-likeness (QED) is 0.578. The van der Waals surface area contributed by atoms with Gasteiger partial charge in [-0.05, 0) is 12.5 Å². The molecule has 0 aliphatic carbocycles. The molecular formula is C14H18INO4. The minimum absolute atomic E-state index is 0.0551. The van der Waals surface area contributed by atoms with Gasteiger partial charge in [0.25, 0.3) is 0 Å². The number of carboxylic acid groups (broad SMARTS) is 1. The lowest BCUT2D eigenvalue weighted by atomic mass is 9.95. The van der Waals surface area contributed by atoms with E-state index >= 15 is 0 Å². The Morgan fingerprint density at radius 1 is 1.40 bits per heavy atom. The number of aliphatic carboxylic acids is 1. The number of nitrogens with one attached hydrogen (secondary N) is 1. The van der Waals surface area contributed by atoms with Gasteiger partial charge in [0.15, 0.2) is 0 Å². The van der Waals surface area contributed by atoms with Crippen LogP contribution in [0.5, 0.6) is 0 Å². The molecule has 1 aromatic rings. The number of alkyl carbamates (subject to hydrolysis) is 1. The van der Waals surface area contributed by atoms with E-state index in [1.165, 1.54) is 0 Å². The van der Waals surface area contributed by atoms with E-state index in [2.05, 4.69) is 27.9 Å². The second kappa shape index (κ2) is 7.47. The van der Waals surface area contributed by atoms with E-state index in [0.717, 1.165) is 5.56 Å². The molecule has 2 N–H and O–H groups in total. The van der Waals surface area contributed by atoms with Crippen molar-refractivity contribution in [1.29, 1.82) is 0 Å². The molecule has 0 saturated carbocycles. The van der Waals surface area contributed by atoms with Gasteiger partial charge in [-0.1, -0.05) is 59.8 Å². The van der Waals surface area contributed by atoms with Gasteiger partial charge in [-0.25, -0.2) is 4.79 Å². The smallest absolute Gasteiger partial charge is 0.407 e. The molecule has 1 amide bonds. The van der Waals surface area contributed by atoms with Gasteiger partial charge in [0.1, 0.15) is 6.61 Å². The number of carbonyl (C=O) groups is 2. The van der Waals surface area contributed by atoms with Crippen LogP contribution in [-0.2, 0) is 16.1 Å². The van der Waals surface area contributed by atoms with Gasteiger partial charge in [-0.3, -0.25) is 4.79 Å². The number of rotatable bonds is 6. The molecule has 0 bridgehead atoms. The summed E-state index contributed by atoms with van der Waals surface area (Å²) in [5.41, 5.74) is 0.0327. The number of carbonyl (C=O) groups excluding carboxylic acids is 1. The Labute approximate surface area is 131 Å². The van der Waals surface area contributed by atoms with Gasteiger partial charge >= 0.3 is 12.1 Å². The van der Waals surface area contributed by atoms with E-state index in [0.29, 0.717) is 0 Å². The highest BCUT2D eigenvalue weighted by Crippen LogP contribution is 2.22. The zero-order chi connectivity index (χ0) is 15.2. The zero-order valence-electron chi connectivity index (χ0n) is 11.4. The lowest BCUT2D eigenvalue weighted by Crippen LogP contribution is -2.52. The zero-order valence-corrected chi connectivity index (χ0v) is 13.6. The van der Waals surface area contributed by atoms with E-state index < -0.39 is 17.6 Å².